The number of thiophene rings is 1. The van der Waals surface area contributed by atoms with Crippen molar-refractivity contribution in [1.29, 1.82) is 0 Å². The van der Waals surface area contributed by atoms with Crippen molar-refractivity contribution in [3.05, 3.63) is 58.1 Å². The number of hydrogen-bond donors (Lipinski definition) is 0. The van der Waals surface area contributed by atoms with Crippen LogP contribution in [0.3, 0.4) is 0 Å². The van der Waals surface area contributed by atoms with Crippen LogP contribution in [0.25, 0.3) is 10.2 Å². The van der Waals surface area contributed by atoms with Crippen molar-refractivity contribution in [1.82, 2.24) is 4.98 Å². The summed E-state index contributed by atoms with van der Waals surface area (Å²) in [6.07, 6.45) is 1.64. The fourth-order valence-electron chi connectivity index (χ4n) is 2.50. The fourth-order valence-corrected chi connectivity index (χ4v) is 3.28. The Hall–Kier alpha value is -2.20. The zero-order valence-corrected chi connectivity index (χ0v) is 13.0. The minimum atomic E-state index is -0.0489. The van der Waals surface area contributed by atoms with Crippen LogP contribution in [0.4, 0.5) is 0 Å². The number of rotatable bonds is 3. The summed E-state index contributed by atoms with van der Waals surface area (Å²) in [5.74, 6) is 0.566. The molecule has 0 aliphatic rings. The number of nitrogens with zero attached hydrogens (tertiary/aromatic N) is 1. The summed E-state index contributed by atoms with van der Waals surface area (Å²) >= 11 is 1.58. The quantitative estimate of drug-likeness (QED) is 0.682. The third-order valence-corrected chi connectivity index (χ3v) is 4.31. The standard InChI is InChI=1S/C17H15NO2S/c1-10-6-11(2)16(14(7-10)20-3)17(19)12-8-15-13(18-9-12)4-5-21-15/h4-9H,1-3H3. The summed E-state index contributed by atoms with van der Waals surface area (Å²) in [5.41, 5.74) is 4.12. The van der Waals surface area contributed by atoms with Gasteiger partial charge in [-0.15, -0.1) is 11.3 Å². The van der Waals surface area contributed by atoms with Crippen molar-refractivity contribution in [2.24, 2.45) is 0 Å². The monoisotopic (exact) mass is 297 g/mol. The molecule has 21 heavy (non-hydrogen) atoms. The van der Waals surface area contributed by atoms with Crippen molar-refractivity contribution in [3.63, 3.8) is 0 Å². The van der Waals surface area contributed by atoms with Gasteiger partial charge in [-0.3, -0.25) is 9.78 Å². The maximum absolute atomic E-state index is 12.8. The lowest BCUT2D eigenvalue weighted by atomic mass is 9.97. The van der Waals surface area contributed by atoms with Gasteiger partial charge >= 0.3 is 0 Å². The Morgan fingerprint density at radius 3 is 2.81 bits per heavy atom. The van der Waals surface area contributed by atoms with Gasteiger partial charge < -0.3 is 4.74 Å². The summed E-state index contributed by atoms with van der Waals surface area (Å²) in [7, 11) is 1.59. The molecule has 106 valence electrons. The van der Waals surface area contributed by atoms with Crippen LogP contribution in [0.1, 0.15) is 27.0 Å². The minimum Gasteiger partial charge on any atom is -0.496 e. The fraction of sp³-hybridized carbons (Fsp3) is 0.176. The Morgan fingerprint density at radius 2 is 2.05 bits per heavy atom. The number of aryl methyl sites for hydroxylation is 2. The molecule has 0 spiro atoms. The second kappa shape index (κ2) is 5.30. The highest BCUT2D eigenvalue weighted by Gasteiger charge is 2.18. The van der Waals surface area contributed by atoms with E-state index in [9.17, 15) is 4.79 Å². The highest BCUT2D eigenvalue weighted by atomic mass is 32.1. The van der Waals surface area contributed by atoms with Gasteiger partial charge in [-0.1, -0.05) is 6.07 Å². The first-order valence-corrected chi connectivity index (χ1v) is 7.51. The van der Waals surface area contributed by atoms with Crippen molar-refractivity contribution < 1.29 is 9.53 Å². The molecule has 3 nitrogen and oxygen atoms in total. The molecule has 3 aromatic rings. The first kappa shape index (κ1) is 13.8. The maximum atomic E-state index is 12.8. The Balaban J connectivity index is 2.13. The van der Waals surface area contributed by atoms with Crippen LogP contribution in [0.5, 0.6) is 5.75 Å². The van der Waals surface area contributed by atoms with Gasteiger partial charge in [0.15, 0.2) is 5.78 Å². The van der Waals surface area contributed by atoms with Crippen molar-refractivity contribution >= 4 is 27.3 Å². The number of ether oxygens (including phenoxy) is 1. The highest BCUT2D eigenvalue weighted by Crippen LogP contribution is 2.28. The summed E-state index contributed by atoms with van der Waals surface area (Å²) < 4.78 is 6.40. The molecule has 0 amide bonds. The Labute approximate surface area is 127 Å². The van der Waals surface area contributed by atoms with Gasteiger partial charge in [0.1, 0.15) is 5.75 Å². The summed E-state index contributed by atoms with van der Waals surface area (Å²) in [4.78, 5) is 17.1. The van der Waals surface area contributed by atoms with Gasteiger partial charge in [0, 0.05) is 11.8 Å². The number of pyridine rings is 1. The van der Waals surface area contributed by atoms with E-state index in [4.69, 9.17) is 4.74 Å². The number of benzene rings is 1. The molecule has 0 N–H and O–H groups in total. The van der Waals surface area contributed by atoms with Crippen LogP contribution < -0.4 is 4.74 Å². The van der Waals surface area contributed by atoms with Gasteiger partial charge in [-0.2, -0.15) is 0 Å². The third-order valence-electron chi connectivity index (χ3n) is 3.46. The molecule has 0 unspecified atom stereocenters. The second-order valence-electron chi connectivity index (χ2n) is 5.02. The van der Waals surface area contributed by atoms with E-state index in [-0.39, 0.29) is 5.78 Å². The molecule has 2 heterocycles. The maximum Gasteiger partial charge on any atom is 0.198 e. The molecule has 0 aliphatic carbocycles. The average molecular weight is 297 g/mol. The van der Waals surface area contributed by atoms with E-state index in [1.807, 2.05) is 43.5 Å². The van der Waals surface area contributed by atoms with Gasteiger partial charge in [0.2, 0.25) is 0 Å². The van der Waals surface area contributed by atoms with Crippen LogP contribution >= 0.6 is 11.3 Å². The van der Waals surface area contributed by atoms with E-state index in [0.717, 1.165) is 21.3 Å². The molecular formula is C17H15NO2S. The highest BCUT2D eigenvalue weighted by molar-refractivity contribution is 7.17. The Kier molecular flexibility index (Phi) is 3.47. The number of ketones is 1. The predicted octanol–water partition coefficient (Wildman–Crippen LogP) is 4.15. The third kappa shape index (κ3) is 2.43. The van der Waals surface area contributed by atoms with E-state index in [0.29, 0.717) is 16.9 Å². The molecule has 0 saturated carbocycles. The van der Waals surface area contributed by atoms with Crippen LogP contribution in [0.15, 0.2) is 35.8 Å². The molecule has 0 atom stereocenters. The first-order valence-electron chi connectivity index (χ1n) is 6.63. The normalized spacial score (nSPS) is 10.8. The van der Waals surface area contributed by atoms with E-state index < -0.39 is 0 Å². The van der Waals surface area contributed by atoms with Crippen molar-refractivity contribution in [2.45, 2.75) is 13.8 Å². The van der Waals surface area contributed by atoms with Gasteiger partial charge in [0.05, 0.1) is 22.9 Å². The second-order valence-corrected chi connectivity index (χ2v) is 5.96. The lowest BCUT2D eigenvalue weighted by molar-refractivity contribution is 0.103. The summed E-state index contributed by atoms with van der Waals surface area (Å²) in [6.45, 7) is 3.92. The summed E-state index contributed by atoms with van der Waals surface area (Å²) in [6, 6.07) is 7.73. The molecule has 0 fully saturated rings. The largest absolute Gasteiger partial charge is 0.496 e. The molecule has 0 aliphatic heterocycles. The van der Waals surface area contributed by atoms with E-state index >= 15 is 0 Å². The Bertz CT molecular complexity index is 836. The number of carbonyl (C=O) groups is 1. The molecule has 3 rings (SSSR count). The SMILES string of the molecule is COc1cc(C)cc(C)c1C(=O)c1cnc2ccsc2c1. The number of fused-ring (bicyclic) bond motifs is 1. The number of carbonyl (C=O) groups excluding carboxylic acids is 1. The minimum absolute atomic E-state index is 0.0489. The van der Waals surface area contributed by atoms with Crippen molar-refractivity contribution in [3.8, 4) is 5.75 Å². The lowest BCUT2D eigenvalue weighted by Crippen LogP contribution is -2.07. The lowest BCUT2D eigenvalue weighted by Gasteiger charge is -2.12. The van der Waals surface area contributed by atoms with Crippen LogP contribution in [-0.4, -0.2) is 17.9 Å². The summed E-state index contributed by atoms with van der Waals surface area (Å²) in [5, 5.41) is 1.98. The molecular weight excluding hydrogens is 282 g/mol. The predicted molar refractivity (Wildman–Crippen MR) is 85.5 cm³/mol. The van der Waals surface area contributed by atoms with E-state index in [1.165, 1.54) is 0 Å². The Morgan fingerprint density at radius 1 is 1.24 bits per heavy atom. The molecule has 0 bridgehead atoms. The smallest absolute Gasteiger partial charge is 0.198 e. The van der Waals surface area contributed by atoms with Crippen molar-refractivity contribution in [2.75, 3.05) is 7.11 Å². The molecule has 0 radical (unpaired) electrons. The average Bonchev–Trinajstić information content (AvgIpc) is 2.93. The molecule has 0 saturated heterocycles. The molecule has 4 heteroatoms. The van der Waals surface area contributed by atoms with Crippen LogP contribution in [0, 0.1) is 13.8 Å². The van der Waals surface area contributed by atoms with E-state index in [2.05, 4.69) is 4.98 Å². The van der Waals surface area contributed by atoms with Gasteiger partial charge in [-0.05, 0) is 48.6 Å². The topological polar surface area (TPSA) is 39.2 Å². The number of hydrogen-bond acceptors (Lipinski definition) is 4. The van der Waals surface area contributed by atoms with Gasteiger partial charge in [0.25, 0.3) is 0 Å². The van der Waals surface area contributed by atoms with E-state index in [1.54, 1.807) is 24.6 Å². The number of aromatic nitrogens is 1. The molecule has 2 aromatic heterocycles. The zero-order chi connectivity index (χ0) is 15.0. The van der Waals surface area contributed by atoms with Crippen LogP contribution in [0.2, 0.25) is 0 Å². The first-order chi connectivity index (χ1) is 10.1. The van der Waals surface area contributed by atoms with Gasteiger partial charge in [-0.25, -0.2) is 0 Å². The zero-order valence-electron chi connectivity index (χ0n) is 12.1. The number of methoxy groups -OCH3 is 1. The van der Waals surface area contributed by atoms with Crippen LogP contribution in [-0.2, 0) is 0 Å². The molecule has 1 aromatic carbocycles.